The van der Waals surface area contributed by atoms with Crippen molar-refractivity contribution in [2.75, 3.05) is 11.9 Å². The van der Waals surface area contributed by atoms with Crippen molar-refractivity contribution in [3.05, 3.63) is 66.1 Å². The molecule has 30 heavy (non-hydrogen) atoms. The fraction of sp³-hybridized carbons (Fsp3) is 0.227. The molecule has 0 bridgehead atoms. The number of fused-ring (bicyclic) bond motifs is 1. The van der Waals surface area contributed by atoms with Crippen LogP contribution in [-0.4, -0.2) is 32.5 Å². The summed E-state index contributed by atoms with van der Waals surface area (Å²) in [4.78, 5) is 8.50. The highest BCUT2D eigenvalue weighted by Crippen LogP contribution is 2.31. The average molecular weight is 422 g/mol. The number of anilines is 2. The van der Waals surface area contributed by atoms with Gasteiger partial charge in [-0.2, -0.15) is 0 Å². The second kappa shape index (κ2) is 8.30. The van der Waals surface area contributed by atoms with E-state index in [4.69, 9.17) is 26.2 Å². The first-order valence-corrected chi connectivity index (χ1v) is 10.2. The highest BCUT2D eigenvalue weighted by Gasteiger charge is 2.16. The molecule has 0 spiro atoms. The topological polar surface area (TPSA) is 73.6 Å². The first-order valence-electron chi connectivity index (χ1n) is 9.86. The van der Waals surface area contributed by atoms with Crippen LogP contribution in [0.4, 0.5) is 11.5 Å². The maximum atomic E-state index is 6.41. The molecule has 0 saturated carbocycles. The molecule has 8 heteroatoms. The summed E-state index contributed by atoms with van der Waals surface area (Å²) in [5.41, 5.74) is 3.34. The van der Waals surface area contributed by atoms with Crippen LogP contribution in [0.3, 0.4) is 0 Å². The summed E-state index contributed by atoms with van der Waals surface area (Å²) in [5, 5.41) is 8.56. The van der Waals surface area contributed by atoms with Crippen LogP contribution >= 0.6 is 11.6 Å². The molecule has 0 amide bonds. The van der Waals surface area contributed by atoms with E-state index in [0.29, 0.717) is 22.3 Å². The van der Waals surface area contributed by atoms with Gasteiger partial charge in [-0.15, -0.1) is 5.10 Å². The number of nitrogens with zero attached hydrogens (tertiary/aromatic N) is 4. The number of nitrogens with one attached hydrogen (secondary N) is 1. The van der Waals surface area contributed by atoms with Crippen LogP contribution < -0.4 is 10.1 Å². The molecule has 4 aromatic rings. The zero-order valence-electron chi connectivity index (χ0n) is 16.2. The third-order valence-corrected chi connectivity index (χ3v) is 5.27. The molecule has 1 fully saturated rings. The number of rotatable bonds is 5. The van der Waals surface area contributed by atoms with Gasteiger partial charge in [-0.3, -0.25) is 4.98 Å². The van der Waals surface area contributed by atoms with E-state index in [1.54, 1.807) is 29.2 Å². The van der Waals surface area contributed by atoms with Crippen molar-refractivity contribution in [2.24, 2.45) is 0 Å². The van der Waals surface area contributed by atoms with Gasteiger partial charge >= 0.3 is 0 Å². The lowest BCUT2D eigenvalue weighted by molar-refractivity contribution is -0.105. The van der Waals surface area contributed by atoms with E-state index < -0.39 is 0 Å². The van der Waals surface area contributed by atoms with Gasteiger partial charge in [-0.05, 0) is 49.2 Å². The van der Waals surface area contributed by atoms with Crippen molar-refractivity contribution in [2.45, 2.75) is 25.6 Å². The van der Waals surface area contributed by atoms with E-state index in [-0.39, 0.29) is 6.29 Å². The Hall–Kier alpha value is -3.16. The van der Waals surface area contributed by atoms with E-state index in [1.165, 1.54) is 0 Å². The van der Waals surface area contributed by atoms with Gasteiger partial charge in [-0.1, -0.05) is 11.6 Å². The minimum absolute atomic E-state index is 0.212. The molecule has 1 aromatic carbocycles. The van der Waals surface area contributed by atoms with Crippen molar-refractivity contribution in [3.8, 4) is 17.0 Å². The Morgan fingerprint density at radius 1 is 1.10 bits per heavy atom. The van der Waals surface area contributed by atoms with Crippen molar-refractivity contribution >= 4 is 28.8 Å². The Morgan fingerprint density at radius 3 is 2.83 bits per heavy atom. The minimum atomic E-state index is -0.212. The molecule has 1 N–H and O–H groups in total. The third kappa shape index (κ3) is 3.94. The SMILES string of the molecule is Clc1ccc(OC2CCCCO2)cc1Nc1ccc2ncc(-c3ccncc3)n2n1. The van der Waals surface area contributed by atoms with Crippen LogP contribution in [0, 0.1) is 0 Å². The third-order valence-electron chi connectivity index (χ3n) is 4.94. The molecule has 1 saturated heterocycles. The number of benzene rings is 1. The molecule has 7 nitrogen and oxygen atoms in total. The summed E-state index contributed by atoms with van der Waals surface area (Å²) in [5.74, 6) is 1.35. The minimum Gasteiger partial charge on any atom is -0.465 e. The number of halogens is 1. The number of imidazole rings is 1. The molecule has 4 heterocycles. The Labute approximate surface area is 178 Å². The largest absolute Gasteiger partial charge is 0.465 e. The lowest BCUT2D eigenvalue weighted by Gasteiger charge is -2.23. The van der Waals surface area contributed by atoms with E-state index in [2.05, 4.69) is 15.3 Å². The first-order chi connectivity index (χ1) is 14.8. The monoisotopic (exact) mass is 421 g/mol. The molecule has 0 aliphatic carbocycles. The van der Waals surface area contributed by atoms with Crippen LogP contribution in [0.25, 0.3) is 16.9 Å². The molecule has 1 atom stereocenters. The second-order valence-corrected chi connectivity index (χ2v) is 7.46. The van der Waals surface area contributed by atoms with Gasteiger partial charge in [0.05, 0.1) is 29.2 Å². The standard InChI is InChI=1S/C22H20ClN5O2/c23-17-5-4-16(30-22-3-1-2-12-29-22)13-18(17)26-20-6-7-21-25-14-19(28(21)27-20)15-8-10-24-11-9-15/h4-11,13-14,22H,1-3,12H2,(H,26,27). The first kappa shape index (κ1) is 18.8. The van der Waals surface area contributed by atoms with Gasteiger partial charge in [0.2, 0.25) is 0 Å². The summed E-state index contributed by atoms with van der Waals surface area (Å²) < 4.78 is 13.4. The Kier molecular flexibility index (Phi) is 5.21. The fourth-order valence-corrected chi connectivity index (χ4v) is 3.59. The summed E-state index contributed by atoms with van der Waals surface area (Å²) in [6.07, 6.45) is 8.16. The predicted octanol–water partition coefficient (Wildman–Crippen LogP) is 5.09. The Balaban J connectivity index is 1.42. The molecule has 152 valence electrons. The van der Waals surface area contributed by atoms with Crippen molar-refractivity contribution in [1.82, 2.24) is 19.6 Å². The van der Waals surface area contributed by atoms with Crippen LogP contribution in [0.2, 0.25) is 5.02 Å². The molecule has 5 rings (SSSR count). The molecule has 1 unspecified atom stereocenters. The van der Waals surface area contributed by atoms with Gasteiger partial charge in [-0.25, -0.2) is 9.50 Å². The zero-order chi connectivity index (χ0) is 20.3. The number of hydrogen-bond acceptors (Lipinski definition) is 6. The van der Waals surface area contributed by atoms with E-state index in [0.717, 1.165) is 42.8 Å². The van der Waals surface area contributed by atoms with Gasteiger partial charge in [0.25, 0.3) is 0 Å². The highest BCUT2D eigenvalue weighted by atomic mass is 35.5. The van der Waals surface area contributed by atoms with Gasteiger partial charge in [0.1, 0.15) is 5.75 Å². The van der Waals surface area contributed by atoms with Crippen LogP contribution in [0.5, 0.6) is 5.75 Å². The molecular formula is C22H20ClN5O2. The van der Waals surface area contributed by atoms with Crippen molar-refractivity contribution in [1.29, 1.82) is 0 Å². The number of ether oxygens (including phenoxy) is 2. The average Bonchev–Trinajstić information content (AvgIpc) is 3.21. The van der Waals surface area contributed by atoms with E-state index >= 15 is 0 Å². The van der Waals surface area contributed by atoms with Crippen LogP contribution in [0.1, 0.15) is 19.3 Å². The predicted molar refractivity (Wildman–Crippen MR) is 115 cm³/mol. The summed E-state index contributed by atoms with van der Waals surface area (Å²) in [7, 11) is 0. The zero-order valence-corrected chi connectivity index (χ0v) is 16.9. The number of aromatic nitrogens is 4. The maximum absolute atomic E-state index is 6.41. The van der Waals surface area contributed by atoms with Crippen LogP contribution in [-0.2, 0) is 4.74 Å². The Bertz CT molecular complexity index is 1160. The highest BCUT2D eigenvalue weighted by molar-refractivity contribution is 6.33. The smallest absolute Gasteiger partial charge is 0.199 e. The number of hydrogen-bond donors (Lipinski definition) is 1. The molecule has 3 aromatic heterocycles. The normalized spacial score (nSPS) is 16.5. The molecule has 0 radical (unpaired) electrons. The second-order valence-electron chi connectivity index (χ2n) is 7.05. The Morgan fingerprint density at radius 2 is 2.00 bits per heavy atom. The summed E-state index contributed by atoms with van der Waals surface area (Å²) >= 11 is 6.41. The van der Waals surface area contributed by atoms with Crippen molar-refractivity contribution < 1.29 is 9.47 Å². The summed E-state index contributed by atoms with van der Waals surface area (Å²) in [6.45, 7) is 0.734. The molecule has 1 aliphatic heterocycles. The summed E-state index contributed by atoms with van der Waals surface area (Å²) in [6, 6.07) is 13.1. The van der Waals surface area contributed by atoms with Crippen LogP contribution in [0.15, 0.2) is 61.1 Å². The van der Waals surface area contributed by atoms with Gasteiger partial charge in [0, 0.05) is 30.4 Å². The van der Waals surface area contributed by atoms with E-state index in [9.17, 15) is 0 Å². The van der Waals surface area contributed by atoms with Gasteiger partial charge in [0.15, 0.2) is 17.8 Å². The number of pyridine rings is 1. The van der Waals surface area contributed by atoms with E-state index in [1.807, 2.05) is 36.4 Å². The quantitative estimate of drug-likeness (QED) is 0.483. The maximum Gasteiger partial charge on any atom is 0.199 e. The van der Waals surface area contributed by atoms with Crippen molar-refractivity contribution in [3.63, 3.8) is 0 Å². The molecule has 1 aliphatic rings. The lowest BCUT2D eigenvalue weighted by Crippen LogP contribution is -2.24. The van der Waals surface area contributed by atoms with Gasteiger partial charge < -0.3 is 14.8 Å². The molecular weight excluding hydrogens is 402 g/mol. The fourth-order valence-electron chi connectivity index (χ4n) is 3.43. The lowest BCUT2D eigenvalue weighted by atomic mass is 10.2.